The van der Waals surface area contributed by atoms with Gasteiger partial charge in [-0.15, -0.1) is 0 Å². The maximum absolute atomic E-state index is 10.4. The van der Waals surface area contributed by atoms with Crippen molar-refractivity contribution < 1.29 is 19.8 Å². The Morgan fingerprint density at radius 3 is 1.42 bits per heavy atom. The third-order valence-electron chi connectivity index (χ3n) is 1.91. The lowest BCUT2D eigenvalue weighted by molar-refractivity contribution is 0.0675. The highest BCUT2D eigenvalue weighted by atomic mass is 16.4. The van der Waals surface area contributed by atoms with Crippen molar-refractivity contribution in [3.05, 3.63) is 33.7 Å². The van der Waals surface area contributed by atoms with E-state index in [0.717, 1.165) is 0 Å². The van der Waals surface area contributed by atoms with Crippen LogP contribution in [0.1, 0.15) is 20.7 Å². The van der Waals surface area contributed by atoms with E-state index < -0.39 is 11.9 Å². The molecule has 0 unspecified atom stereocenters. The average Bonchev–Trinajstić information content (AvgIpc) is 1.92. The number of carboxylic acids is 2. The number of rotatable bonds is 2. The van der Waals surface area contributed by atoms with Gasteiger partial charge in [-0.25, -0.2) is 9.59 Å². The van der Waals surface area contributed by atoms with Gasteiger partial charge in [-0.2, -0.15) is 0 Å². The molecule has 0 saturated carbocycles. The zero-order valence-corrected chi connectivity index (χ0v) is 5.87. The fourth-order valence-electron chi connectivity index (χ4n) is 1.24. The molecule has 2 N–H and O–H groups in total. The Kier molecular flexibility index (Phi) is 1.05. The van der Waals surface area contributed by atoms with Crippen LogP contribution in [0.5, 0.6) is 0 Å². The average molecular weight is 164 g/mol. The normalized spacial score (nSPS) is 11.0. The molecule has 0 fully saturated rings. The van der Waals surface area contributed by atoms with Gasteiger partial charge >= 0.3 is 11.9 Å². The second-order valence-corrected chi connectivity index (χ2v) is 2.55. The molecule has 4 nitrogen and oxygen atoms in total. The summed E-state index contributed by atoms with van der Waals surface area (Å²) >= 11 is 0. The van der Waals surface area contributed by atoms with Crippen molar-refractivity contribution in [1.82, 2.24) is 0 Å². The smallest absolute Gasteiger partial charge is 0.336 e. The Morgan fingerprint density at radius 1 is 0.917 bits per heavy atom. The lowest BCUT2D eigenvalue weighted by Gasteiger charge is -2.10. The Bertz CT molecular complexity index is 441. The van der Waals surface area contributed by atoms with Gasteiger partial charge in [0.1, 0.15) is 0 Å². The van der Waals surface area contributed by atoms with Crippen molar-refractivity contribution in [2.24, 2.45) is 0 Å². The minimum atomic E-state index is -1.01. The maximum atomic E-state index is 10.4. The number of hydrogen-bond donors (Lipinski definition) is 2. The molecular formula is C8H4O4. The predicted octanol–water partition coefficient (Wildman–Crippen LogP) is 0.683. The van der Waals surface area contributed by atoms with Gasteiger partial charge in [0.25, 0.3) is 0 Å². The summed E-state index contributed by atoms with van der Waals surface area (Å²) in [6.07, 6.45) is 0. The van der Waals surface area contributed by atoms with E-state index in [-0.39, 0.29) is 11.1 Å². The van der Waals surface area contributed by atoms with Crippen LogP contribution in [0.25, 0.3) is 0 Å². The highest BCUT2D eigenvalue weighted by molar-refractivity contribution is 5.95. The van der Waals surface area contributed by atoms with E-state index in [4.69, 9.17) is 10.2 Å². The van der Waals surface area contributed by atoms with Gasteiger partial charge in [-0.05, 0) is 22.6 Å². The summed E-state index contributed by atoms with van der Waals surface area (Å²) in [6, 6.07) is 2.75. The molecule has 0 spiro atoms. The van der Waals surface area contributed by atoms with Gasteiger partial charge in [0.2, 0.25) is 0 Å². The van der Waals surface area contributed by atoms with E-state index in [1.165, 1.54) is 12.1 Å². The molecule has 0 aromatic rings. The molecule has 0 aliphatic heterocycles. The fourth-order valence-corrected chi connectivity index (χ4v) is 1.24. The summed E-state index contributed by atoms with van der Waals surface area (Å²) in [6.45, 7) is 0. The molecule has 2 aliphatic carbocycles. The monoisotopic (exact) mass is 164 g/mol. The van der Waals surface area contributed by atoms with Gasteiger partial charge in [0, 0.05) is 0 Å². The first-order valence-corrected chi connectivity index (χ1v) is 3.26. The van der Waals surface area contributed by atoms with E-state index in [9.17, 15) is 9.59 Å². The number of hydrogen-bond acceptors (Lipinski definition) is 2. The second kappa shape index (κ2) is 1.85. The molecular weight excluding hydrogens is 160 g/mol. The largest absolute Gasteiger partial charge is 0.478 e. The molecule has 4 heteroatoms. The van der Waals surface area contributed by atoms with Gasteiger partial charge in [0.15, 0.2) is 0 Å². The Hall–Kier alpha value is -1.84. The van der Waals surface area contributed by atoms with Crippen LogP contribution in [0, 0.1) is 10.4 Å². The molecule has 0 atom stereocenters. The van der Waals surface area contributed by atoms with Gasteiger partial charge in [-0.1, -0.05) is 0 Å². The van der Waals surface area contributed by atoms with Crippen LogP contribution in [0.4, 0.5) is 0 Å². The quantitative estimate of drug-likeness (QED) is 0.684. The number of aromatic carboxylic acids is 2. The maximum Gasteiger partial charge on any atom is 0.336 e. The van der Waals surface area contributed by atoms with E-state index in [1.54, 1.807) is 0 Å². The van der Waals surface area contributed by atoms with Crippen molar-refractivity contribution in [2.45, 2.75) is 0 Å². The molecule has 12 heavy (non-hydrogen) atoms. The minimum Gasteiger partial charge on any atom is -0.478 e. The van der Waals surface area contributed by atoms with Crippen LogP contribution in [0.15, 0.2) is 12.1 Å². The summed E-state index contributed by atoms with van der Waals surface area (Å²) in [5, 5.41) is 18.1. The number of benzene rings is 1. The number of carbonyl (C=O) groups is 2. The molecule has 0 saturated heterocycles. The highest BCUT2D eigenvalue weighted by Crippen LogP contribution is 2.21. The van der Waals surface area contributed by atoms with Crippen LogP contribution in [-0.4, -0.2) is 22.2 Å². The molecule has 0 aromatic heterocycles. The lowest BCUT2D eigenvalue weighted by Crippen LogP contribution is -2.12. The number of carboxylic acid groups (broad SMARTS) is 2. The van der Waals surface area contributed by atoms with Crippen LogP contribution in [-0.2, 0) is 0 Å². The Labute approximate surface area is 66.4 Å². The van der Waals surface area contributed by atoms with Gasteiger partial charge in [0.05, 0.1) is 11.1 Å². The van der Waals surface area contributed by atoms with Crippen LogP contribution in [0.2, 0.25) is 0 Å². The van der Waals surface area contributed by atoms with Crippen molar-refractivity contribution in [2.75, 3.05) is 0 Å². The molecule has 2 aliphatic rings. The summed E-state index contributed by atoms with van der Waals surface area (Å²) in [5.41, 5.74) is 0.407. The first kappa shape index (κ1) is 6.84. The van der Waals surface area contributed by atoms with Crippen LogP contribution < -0.4 is 0 Å². The van der Waals surface area contributed by atoms with Crippen molar-refractivity contribution in [1.29, 1.82) is 0 Å². The molecule has 0 amide bonds. The van der Waals surface area contributed by atoms with Crippen molar-refractivity contribution in [3.8, 4) is 0 Å². The lowest BCUT2D eigenvalue weighted by atomic mass is 9.93. The van der Waals surface area contributed by atoms with Crippen molar-refractivity contribution in [3.63, 3.8) is 0 Å². The SMILES string of the molecule is O=C(O)c1cc2c(C(=O)O)cc1=2. The first-order valence-electron chi connectivity index (χ1n) is 3.26. The molecule has 0 radical (unpaired) electrons. The molecule has 2 rings (SSSR count). The van der Waals surface area contributed by atoms with Crippen LogP contribution >= 0.6 is 0 Å². The zero-order chi connectivity index (χ0) is 8.88. The molecule has 0 heterocycles. The predicted molar refractivity (Wildman–Crippen MR) is 38.0 cm³/mol. The molecule has 0 aromatic carbocycles. The van der Waals surface area contributed by atoms with Crippen LogP contribution in [0.3, 0.4) is 0 Å². The van der Waals surface area contributed by atoms with Gasteiger partial charge in [-0.3, -0.25) is 0 Å². The topological polar surface area (TPSA) is 74.6 Å². The molecule has 0 bridgehead atoms. The van der Waals surface area contributed by atoms with Crippen molar-refractivity contribution >= 4 is 11.9 Å². The Balaban J connectivity index is 2.51. The van der Waals surface area contributed by atoms with E-state index in [2.05, 4.69) is 0 Å². The minimum absolute atomic E-state index is 0.204. The third-order valence-corrected chi connectivity index (χ3v) is 1.91. The fraction of sp³-hybridized carbons (Fsp3) is 0. The first-order chi connectivity index (χ1) is 5.61. The van der Waals surface area contributed by atoms with Gasteiger partial charge < -0.3 is 10.2 Å². The van der Waals surface area contributed by atoms with E-state index in [0.29, 0.717) is 10.4 Å². The highest BCUT2D eigenvalue weighted by Gasteiger charge is 2.20. The standard InChI is InChI=1S/C8H4O4/c9-7(10)5-1-3-4(5)2-6(3)8(11)12/h1-2H,(H,9,10)(H,11,12). The second-order valence-electron chi connectivity index (χ2n) is 2.55. The zero-order valence-electron chi connectivity index (χ0n) is 5.87. The molecule has 60 valence electrons. The third kappa shape index (κ3) is 0.611. The summed E-state index contributed by atoms with van der Waals surface area (Å²) in [4.78, 5) is 20.7. The summed E-state index contributed by atoms with van der Waals surface area (Å²) in [5.74, 6) is -2.01. The summed E-state index contributed by atoms with van der Waals surface area (Å²) < 4.78 is 0. The summed E-state index contributed by atoms with van der Waals surface area (Å²) in [7, 11) is 0. The van der Waals surface area contributed by atoms with E-state index >= 15 is 0 Å². The Morgan fingerprint density at radius 2 is 1.25 bits per heavy atom. The van der Waals surface area contributed by atoms with E-state index in [1.807, 2.05) is 0 Å².